The van der Waals surface area contributed by atoms with E-state index >= 15 is 0 Å². The van der Waals surface area contributed by atoms with E-state index in [9.17, 15) is 14.7 Å². The van der Waals surface area contributed by atoms with Gasteiger partial charge in [0.15, 0.2) is 0 Å². The third kappa shape index (κ3) is 3.53. The molecule has 2 amide bonds. The van der Waals surface area contributed by atoms with Crippen molar-refractivity contribution in [1.82, 2.24) is 4.90 Å². The Morgan fingerprint density at radius 1 is 1.11 bits per heavy atom. The van der Waals surface area contributed by atoms with Crippen molar-refractivity contribution < 1.29 is 14.7 Å². The van der Waals surface area contributed by atoms with Gasteiger partial charge in [-0.2, -0.15) is 0 Å². The number of aliphatic hydroxyl groups is 1. The van der Waals surface area contributed by atoms with Crippen molar-refractivity contribution >= 4 is 17.5 Å². The first-order valence-electron chi connectivity index (χ1n) is 9.72. The van der Waals surface area contributed by atoms with E-state index in [1.807, 2.05) is 18.2 Å². The Bertz CT molecular complexity index is 886. The van der Waals surface area contributed by atoms with Crippen molar-refractivity contribution in [2.24, 2.45) is 11.7 Å². The second-order valence-electron chi connectivity index (χ2n) is 7.66. The summed E-state index contributed by atoms with van der Waals surface area (Å²) in [6.07, 6.45) is 2.08. The van der Waals surface area contributed by atoms with Crippen molar-refractivity contribution in [3.8, 4) is 0 Å². The van der Waals surface area contributed by atoms with Crippen LogP contribution in [-0.4, -0.2) is 41.5 Å². The molecular weight excluding hydrogens is 354 g/mol. The summed E-state index contributed by atoms with van der Waals surface area (Å²) in [7, 11) is 0. The highest BCUT2D eigenvalue weighted by molar-refractivity contribution is 6.16. The Balaban J connectivity index is 1.46. The lowest BCUT2D eigenvalue weighted by Gasteiger charge is -2.31. The van der Waals surface area contributed by atoms with Gasteiger partial charge in [0.25, 0.3) is 5.91 Å². The Labute approximate surface area is 164 Å². The Morgan fingerprint density at radius 3 is 2.46 bits per heavy atom. The molecule has 4 rings (SSSR count). The predicted molar refractivity (Wildman–Crippen MR) is 107 cm³/mol. The van der Waals surface area contributed by atoms with Gasteiger partial charge in [-0.3, -0.25) is 14.5 Å². The normalized spacial score (nSPS) is 17.8. The number of nitrogens with two attached hydrogens (primary N) is 1. The molecule has 2 aromatic rings. The van der Waals surface area contributed by atoms with Crippen LogP contribution in [0.4, 0.5) is 5.69 Å². The van der Waals surface area contributed by atoms with E-state index in [1.165, 1.54) is 5.56 Å². The molecule has 2 aliphatic heterocycles. The third-order valence-corrected chi connectivity index (χ3v) is 5.82. The van der Waals surface area contributed by atoms with Crippen LogP contribution in [0.1, 0.15) is 44.7 Å². The molecule has 2 aliphatic rings. The summed E-state index contributed by atoms with van der Waals surface area (Å²) in [5.74, 6) is -0.317. The van der Waals surface area contributed by atoms with Gasteiger partial charge in [0.05, 0.1) is 17.7 Å². The molecule has 28 heavy (non-hydrogen) atoms. The summed E-state index contributed by atoms with van der Waals surface area (Å²) in [4.78, 5) is 28.6. The van der Waals surface area contributed by atoms with Crippen LogP contribution in [0.15, 0.2) is 42.5 Å². The highest BCUT2D eigenvalue weighted by Gasteiger charge is 2.32. The van der Waals surface area contributed by atoms with E-state index in [0.29, 0.717) is 18.0 Å². The van der Waals surface area contributed by atoms with Gasteiger partial charge >= 0.3 is 0 Å². The average Bonchev–Trinajstić information content (AvgIpc) is 3.06. The number of hydrogen-bond acceptors (Lipinski definition) is 4. The number of likely N-dealkylation sites (tertiary alicyclic amines) is 1. The molecule has 0 aliphatic carbocycles. The van der Waals surface area contributed by atoms with Gasteiger partial charge in [-0.05, 0) is 61.2 Å². The molecule has 0 aromatic heterocycles. The monoisotopic (exact) mass is 379 g/mol. The molecule has 0 saturated carbocycles. The van der Waals surface area contributed by atoms with E-state index in [2.05, 4.69) is 17.0 Å². The quantitative estimate of drug-likeness (QED) is 0.833. The summed E-state index contributed by atoms with van der Waals surface area (Å²) >= 11 is 0. The summed E-state index contributed by atoms with van der Waals surface area (Å²) in [5, 5.41) is 9.26. The van der Waals surface area contributed by atoms with Gasteiger partial charge in [0.1, 0.15) is 0 Å². The van der Waals surface area contributed by atoms with Gasteiger partial charge in [-0.15, -0.1) is 0 Å². The standard InChI is InChI=1S/C22H25N3O3/c23-21(27)19-3-1-2-17-13-25(22(28)20(17)19)18-6-4-15(5-7-18)12-24-10-8-16(14-26)9-11-24/h1-7,16,26H,8-14H2,(H2,23,27). The lowest BCUT2D eigenvalue weighted by atomic mass is 9.97. The fraction of sp³-hybridized carbons (Fsp3) is 0.364. The largest absolute Gasteiger partial charge is 0.396 e. The molecule has 0 spiro atoms. The summed E-state index contributed by atoms with van der Waals surface area (Å²) in [6, 6.07) is 13.3. The van der Waals surface area contributed by atoms with Crippen molar-refractivity contribution in [3.05, 3.63) is 64.7 Å². The number of fused-ring (bicyclic) bond motifs is 1. The van der Waals surface area contributed by atoms with E-state index in [1.54, 1.807) is 17.0 Å². The van der Waals surface area contributed by atoms with Crippen molar-refractivity contribution in [2.45, 2.75) is 25.9 Å². The first-order chi connectivity index (χ1) is 13.6. The highest BCUT2D eigenvalue weighted by Crippen LogP contribution is 2.30. The number of hydrogen-bond donors (Lipinski definition) is 2. The molecule has 146 valence electrons. The average molecular weight is 379 g/mol. The van der Waals surface area contributed by atoms with Crippen LogP contribution >= 0.6 is 0 Å². The number of rotatable bonds is 5. The number of benzene rings is 2. The number of carbonyl (C=O) groups is 2. The van der Waals surface area contributed by atoms with Crippen LogP contribution in [0.2, 0.25) is 0 Å². The first kappa shape index (κ1) is 18.7. The zero-order chi connectivity index (χ0) is 19.7. The Kier molecular flexibility index (Phi) is 5.15. The number of carbonyl (C=O) groups excluding carboxylic acids is 2. The smallest absolute Gasteiger partial charge is 0.259 e. The number of nitrogens with zero attached hydrogens (tertiary/aromatic N) is 2. The van der Waals surface area contributed by atoms with E-state index in [0.717, 1.165) is 43.7 Å². The zero-order valence-corrected chi connectivity index (χ0v) is 15.8. The molecule has 0 radical (unpaired) electrons. The summed E-state index contributed by atoms with van der Waals surface area (Å²) in [6.45, 7) is 3.61. The molecule has 3 N–H and O–H groups in total. The fourth-order valence-electron chi connectivity index (χ4n) is 4.14. The van der Waals surface area contributed by atoms with E-state index < -0.39 is 5.91 Å². The molecular formula is C22H25N3O3. The summed E-state index contributed by atoms with van der Waals surface area (Å²) in [5.41, 5.74) is 8.99. The molecule has 1 saturated heterocycles. The maximum absolute atomic E-state index is 12.9. The van der Waals surface area contributed by atoms with E-state index in [-0.39, 0.29) is 18.1 Å². The molecule has 6 nitrogen and oxygen atoms in total. The van der Waals surface area contributed by atoms with Crippen LogP contribution < -0.4 is 10.6 Å². The number of aliphatic hydroxyl groups excluding tert-OH is 1. The van der Waals surface area contributed by atoms with Crippen LogP contribution in [0, 0.1) is 5.92 Å². The van der Waals surface area contributed by atoms with Gasteiger partial charge in [0, 0.05) is 18.8 Å². The number of amides is 2. The fourth-order valence-corrected chi connectivity index (χ4v) is 4.14. The number of anilines is 1. The molecule has 6 heteroatoms. The second kappa shape index (κ2) is 7.73. The SMILES string of the molecule is NC(=O)c1cccc2c1C(=O)N(c1ccc(CN3CCC(CO)CC3)cc1)C2. The lowest BCUT2D eigenvalue weighted by Crippen LogP contribution is -2.34. The van der Waals surface area contributed by atoms with Gasteiger partial charge < -0.3 is 15.7 Å². The molecule has 0 unspecified atom stereocenters. The summed E-state index contributed by atoms with van der Waals surface area (Å²) < 4.78 is 0. The van der Waals surface area contributed by atoms with Gasteiger partial charge in [0.2, 0.25) is 5.91 Å². The van der Waals surface area contributed by atoms with E-state index in [4.69, 9.17) is 5.73 Å². The molecule has 0 atom stereocenters. The molecule has 0 bridgehead atoms. The Hall–Kier alpha value is -2.70. The maximum atomic E-state index is 12.9. The minimum atomic E-state index is -0.577. The second-order valence-corrected chi connectivity index (χ2v) is 7.66. The Morgan fingerprint density at radius 2 is 1.82 bits per heavy atom. The van der Waals surface area contributed by atoms with Crippen LogP contribution in [0.5, 0.6) is 0 Å². The number of piperidine rings is 1. The minimum Gasteiger partial charge on any atom is -0.396 e. The predicted octanol–water partition coefficient (Wildman–Crippen LogP) is 2.15. The van der Waals surface area contributed by atoms with Gasteiger partial charge in [-0.25, -0.2) is 0 Å². The van der Waals surface area contributed by atoms with Crippen LogP contribution in [0.25, 0.3) is 0 Å². The lowest BCUT2D eigenvalue weighted by molar-refractivity contribution is 0.0967. The molecule has 1 fully saturated rings. The van der Waals surface area contributed by atoms with Crippen LogP contribution in [0.3, 0.4) is 0 Å². The first-order valence-corrected chi connectivity index (χ1v) is 9.72. The maximum Gasteiger partial charge on any atom is 0.259 e. The molecule has 2 aromatic carbocycles. The van der Waals surface area contributed by atoms with Gasteiger partial charge in [-0.1, -0.05) is 24.3 Å². The van der Waals surface area contributed by atoms with Crippen molar-refractivity contribution in [2.75, 3.05) is 24.6 Å². The minimum absolute atomic E-state index is 0.178. The highest BCUT2D eigenvalue weighted by atomic mass is 16.3. The topological polar surface area (TPSA) is 86.9 Å². The number of primary amides is 1. The zero-order valence-electron chi connectivity index (χ0n) is 15.8. The van der Waals surface area contributed by atoms with Crippen molar-refractivity contribution in [1.29, 1.82) is 0 Å². The van der Waals surface area contributed by atoms with Crippen LogP contribution in [-0.2, 0) is 13.1 Å². The van der Waals surface area contributed by atoms with Crippen molar-refractivity contribution in [3.63, 3.8) is 0 Å². The molecule has 2 heterocycles. The third-order valence-electron chi connectivity index (χ3n) is 5.82.